The Bertz CT molecular complexity index is 405. The Labute approximate surface area is 79.1 Å². The Morgan fingerprint density at radius 2 is 2.36 bits per heavy atom. The van der Waals surface area contributed by atoms with Crippen LogP contribution in [0.5, 0.6) is 5.75 Å². The molecule has 1 aliphatic heterocycles. The average Bonchev–Trinajstić information content (AvgIpc) is 2.48. The lowest BCUT2D eigenvalue weighted by molar-refractivity contribution is 0.0696. The minimum absolute atomic E-state index is 0.129. The number of fused-ring (bicyclic) bond motifs is 1. The van der Waals surface area contributed by atoms with Crippen molar-refractivity contribution < 1.29 is 19.0 Å². The van der Waals surface area contributed by atoms with Crippen LogP contribution in [0.1, 0.15) is 22.0 Å². The molecule has 1 atom stereocenters. The average molecular weight is 197 g/mol. The quantitative estimate of drug-likeness (QED) is 0.702. The predicted molar refractivity (Wildman–Crippen MR) is 45.8 cm³/mol. The third-order valence-corrected chi connectivity index (χ3v) is 2.13. The second-order valence-corrected chi connectivity index (χ2v) is 3.09. The largest absolute Gasteiger partial charge is 0.491 e. The lowest BCUT2D eigenvalue weighted by Gasteiger charge is -2.03. The number of carboxylic acids is 1. The topological polar surface area (TPSA) is 72.5 Å². The van der Waals surface area contributed by atoms with Gasteiger partial charge in [-0.3, -0.25) is 0 Å². The fourth-order valence-corrected chi connectivity index (χ4v) is 1.46. The van der Waals surface area contributed by atoms with Crippen molar-refractivity contribution in [1.82, 2.24) is 0 Å². The van der Waals surface area contributed by atoms with E-state index in [9.17, 15) is 9.18 Å². The van der Waals surface area contributed by atoms with E-state index in [0.717, 1.165) is 6.07 Å². The molecule has 1 unspecified atom stereocenters. The van der Waals surface area contributed by atoms with E-state index in [2.05, 4.69) is 0 Å². The minimum Gasteiger partial charge on any atom is -0.491 e. The molecule has 0 spiro atoms. The highest BCUT2D eigenvalue weighted by Crippen LogP contribution is 2.34. The minimum atomic E-state index is -1.18. The van der Waals surface area contributed by atoms with Gasteiger partial charge in [0.2, 0.25) is 0 Å². The second-order valence-electron chi connectivity index (χ2n) is 3.09. The monoisotopic (exact) mass is 197 g/mol. The molecule has 0 saturated heterocycles. The van der Waals surface area contributed by atoms with E-state index in [1.807, 2.05) is 0 Å². The molecular formula is C9H8FNO3. The number of rotatable bonds is 1. The van der Waals surface area contributed by atoms with Crippen molar-refractivity contribution in [2.45, 2.75) is 6.04 Å². The van der Waals surface area contributed by atoms with Crippen molar-refractivity contribution in [3.63, 3.8) is 0 Å². The van der Waals surface area contributed by atoms with E-state index >= 15 is 0 Å². The number of halogens is 1. The number of nitrogens with two attached hydrogens (primary N) is 1. The van der Waals surface area contributed by atoms with Crippen LogP contribution in [0, 0.1) is 5.82 Å². The Morgan fingerprint density at radius 3 is 3.00 bits per heavy atom. The van der Waals surface area contributed by atoms with Crippen LogP contribution in [0.3, 0.4) is 0 Å². The van der Waals surface area contributed by atoms with E-state index in [-0.39, 0.29) is 23.5 Å². The predicted octanol–water partition coefficient (Wildman–Crippen LogP) is 0.916. The van der Waals surface area contributed by atoms with Gasteiger partial charge in [0.15, 0.2) is 0 Å². The maximum absolute atomic E-state index is 13.3. The lowest BCUT2D eigenvalue weighted by Crippen LogP contribution is -2.12. The summed E-state index contributed by atoms with van der Waals surface area (Å²) in [5.41, 5.74) is 5.69. The summed E-state index contributed by atoms with van der Waals surface area (Å²) in [4.78, 5) is 10.6. The zero-order chi connectivity index (χ0) is 10.3. The molecule has 5 heteroatoms. The highest BCUT2D eigenvalue weighted by Gasteiger charge is 2.26. The fourth-order valence-electron chi connectivity index (χ4n) is 1.46. The van der Waals surface area contributed by atoms with Gasteiger partial charge in [0, 0.05) is 0 Å². The van der Waals surface area contributed by atoms with Gasteiger partial charge in [0.25, 0.3) is 0 Å². The van der Waals surface area contributed by atoms with Crippen molar-refractivity contribution >= 4 is 5.97 Å². The van der Waals surface area contributed by atoms with Crippen molar-refractivity contribution in [2.24, 2.45) is 5.73 Å². The van der Waals surface area contributed by atoms with Gasteiger partial charge in [-0.25, -0.2) is 9.18 Å². The number of carboxylic acid groups (broad SMARTS) is 1. The first-order chi connectivity index (χ1) is 6.59. The van der Waals surface area contributed by atoms with Crippen LogP contribution in [0.15, 0.2) is 12.1 Å². The van der Waals surface area contributed by atoms with Crippen LogP contribution in [-0.4, -0.2) is 17.7 Å². The molecule has 4 nitrogen and oxygen atoms in total. The third-order valence-electron chi connectivity index (χ3n) is 2.13. The molecule has 0 aliphatic carbocycles. The molecule has 1 aliphatic rings. The molecule has 0 amide bonds. The van der Waals surface area contributed by atoms with Crippen LogP contribution in [-0.2, 0) is 0 Å². The van der Waals surface area contributed by atoms with Crippen molar-refractivity contribution in [3.8, 4) is 5.75 Å². The number of hydrogen-bond donors (Lipinski definition) is 2. The standard InChI is InChI=1S/C9H8FNO3/c10-5-1-4(9(12)13)2-7-8(5)6(11)3-14-7/h1-2,6H,3,11H2,(H,12,13). The summed E-state index contributed by atoms with van der Waals surface area (Å²) in [6.45, 7) is 0.190. The number of hydrogen-bond acceptors (Lipinski definition) is 3. The molecule has 0 fully saturated rings. The van der Waals surface area contributed by atoms with Crippen LogP contribution in [0.25, 0.3) is 0 Å². The molecule has 1 aromatic carbocycles. The number of benzene rings is 1. The zero-order valence-corrected chi connectivity index (χ0v) is 7.16. The number of ether oxygens (including phenoxy) is 1. The lowest BCUT2D eigenvalue weighted by atomic mass is 10.1. The molecule has 1 aromatic rings. The first kappa shape index (κ1) is 8.96. The maximum atomic E-state index is 13.3. The van der Waals surface area contributed by atoms with Gasteiger partial charge in [0.1, 0.15) is 18.2 Å². The molecule has 0 bridgehead atoms. The van der Waals surface area contributed by atoms with Crippen molar-refractivity contribution in [3.05, 3.63) is 29.1 Å². The number of carbonyl (C=O) groups is 1. The molecule has 0 radical (unpaired) electrons. The summed E-state index contributed by atoms with van der Waals surface area (Å²) < 4.78 is 18.4. The van der Waals surface area contributed by atoms with E-state index < -0.39 is 17.8 Å². The summed E-state index contributed by atoms with van der Waals surface area (Å²) >= 11 is 0. The fraction of sp³-hybridized carbons (Fsp3) is 0.222. The van der Waals surface area contributed by atoms with E-state index in [1.54, 1.807) is 0 Å². The maximum Gasteiger partial charge on any atom is 0.335 e. The van der Waals surface area contributed by atoms with E-state index in [1.165, 1.54) is 6.07 Å². The van der Waals surface area contributed by atoms with Crippen molar-refractivity contribution in [2.75, 3.05) is 6.61 Å². The van der Waals surface area contributed by atoms with Gasteiger partial charge < -0.3 is 15.6 Å². The normalized spacial score (nSPS) is 18.9. The molecule has 1 heterocycles. The Kier molecular flexibility index (Phi) is 1.89. The first-order valence-corrected chi connectivity index (χ1v) is 4.04. The van der Waals surface area contributed by atoms with E-state index in [4.69, 9.17) is 15.6 Å². The van der Waals surface area contributed by atoms with E-state index in [0.29, 0.717) is 0 Å². The molecule has 3 N–H and O–H groups in total. The van der Waals surface area contributed by atoms with Gasteiger partial charge in [-0.1, -0.05) is 0 Å². The smallest absolute Gasteiger partial charge is 0.335 e. The van der Waals surface area contributed by atoms with Gasteiger partial charge in [-0.2, -0.15) is 0 Å². The summed E-state index contributed by atoms with van der Waals surface area (Å²) in [5.74, 6) is -1.57. The Hall–Kier alpha value is -1.62. The summed E-state index contributed by atoms with van der Waals surface area (Å²) in [6.07, 6.45) is 0. The Balaban J connectivity index is 2.57. The molecule has 0 aromatic heterocycles. The zero-order valence-electron chi connectivity index (χ0n) is 7.16. The van der Waals surface area contributed by atoms with Crippen LogP contribution < -0.4 is 10.5 Å². The third kappa shape index (κ3) is 1.22. The molecular weight excluding hydrogens is 189 g/mol. The SMILES string of the molecule is NC1COc2cc(C(=O)O)cc(F)c21. The van der Waals surface area contributed by atoms with Crippen LogP contribution in [0.4, 0.5) is 4.39 Å². The second kappa shape index (κ2) is 2.95. The highest BCUT2D eigenvalue weighted by molar-refractivity contribution is 5.88. The van der Waals surface area contributed by atoms with Crippen molar-refractivity contribution in [1.29, 1.82) is 0 Å². The molecule has 74 valence electrons. The van der Waals surface area contributed by atoms with Crippen LogP contribution in [0.2, 0.25) is 0 Å². The number of aromatic carboxylic acids is 1. The van der Waals surface area contributed by atoms with Gasteiger partial charge in [-0.05, 0) is 12.1 Å². The highest BCUT2D eigenvalue weighted by atomic mass is 19.1. The summed E-state index contributed by atoms with van der Waals surface area (Å²) in [6, 6.07) is 1.73. The molecule has 2 rings (SSSR count). The van der Waals surface area contributed by atoms with Gasteiger partial charge in [0.05, 0.1) is 17.2 Å². The summed E-state index contributed by atoms with van der Waals surface area (Å²) in [7, 11) is 0. The van der Waals surface area contributed by atoms with Gasteiger partial charge >= 0.3 is 5.97 Å². The summed E-state index contributed by atoms with van der Waals surface area (Å²) in [5, 5.41) is 8.65. The molecule has 14 heavy (non-hydrogen) atoms. The van der Waals surface area contributed by atoms with Crippen LogP contribution >= 0.6 is 0 Å². The van der Waals surface area contributed by atoms with Gasteiger partial charge in [-0.15, -0.1) is 0 Å². The Morgan fingerprint density at radius 1 is 1.64 bits per heavy atom. The first-order valence-electron chi connectivity index (χ1n) is 4.04. The molecule has 0 saturated carbocycles.